The summed E-state index contributed by atoms with van der Waals surface area (Å²) in [6.45, 7) is 0. The second-order valence-corrected chi connectivity index (χ2v) is 17.1. The number of fused-ring (bicyclic) bond motifs is 8. The Bertz CT molecular complexity index is 2980. The Labute approximate surface area is 314 Å². The van der Waals surface area contributed by atoms with E-state index in [1.165, 1.54) is 38.6 Å². The molecule has 11 rings (SSSR count). The average Bonchev–Trinajstić information content (AvgIpc) is 3.76. The van der Waals surface area contributed by atoms with Gasteiger partial charge in [0.05, 0.1) is 11.0 Å². The van der Waals surface area contributed by atoms with Crippen molar-refractivity contribution in [1.29, 1.82) is 0 Å². The number of para-hydroxylation sites is 2. The van der Waals surface area contributed by atoms with Crippen LogP contribution < -0.4 is 15.9 Å². The Hall–Kier alpha value is -6.47. The molecule has 10 aromatic rings. The van der Waals surface area contributed by atoms with Crippen molar-refractivity contribution < 1.29 is 4.57 Å². The third-order valence-corrected chi connectivity index (χ3v) is 14.7. The molecule has 1 unspecified atom stereocenters. The average molecular weight is 708 g/mol. The van der Waals surface area contributed by atoms with Gasteiger partial charge in [-0.15, -0.1) is 0 Å². The van der Waals surface area contributed by atoms with Gasteiger partial charge in [0.15, 0.2) is 7.14 Å². The number of aromatic nitrogens is 1. The summed E-state index contributed by atoms with van der Waals surface area (Å²) in [4.78, 5) is 0. The molecule has 0 bridgehead atoms. The van der Waals surface area contributed by atoms with Crippen molar-refractivity contribution in [2.45, 2.75) is 5.92 Å². The van der Waals surface area contributed by atoms with Crippen molar-refractivity contribution in [1.82, 2.24) is 4.57 Å². The Morgan fingerprint density at radius 1 is 0.407 bits per heavy atom. The Balaban J connectivity index is 1.13. The molecule has 0 aliphatic heterocycles. The van der Waals surface area contributed by atoms with Crippen LogP contribution in [0.25, 0.3) is 60.2 Å². The first-order chi connectivity index (χ1) is 26.7. The summed E-state index contributed by atoms with van der Waals surface area (Å²) in [5.41, 5.74) is 9.76. The van der Waals surface area contributed by atoms with E-state index in [9.17, 15) is 0 Å². The molecule has 3 heteroatoms. The summed E-state index contributed by atoms with van der Waals surface area (Å²) < 4.78 is 19.0. The van der Waals surface area contributed by atoms with Gasteiger partial charge in [-0.3, -0.25) is 0 Å². The summed E-state index contributed by atoms with van der Waals surface area (Å²) in [5, 5.41) is 9.20. The maximum absolute atomic E-state index is 16.7. The molecular weight excluding hydrogens is 674 g/mol. The molecule has 1 aliphatic carbocycles. The van der Waals surface area contributed by atoms with Gasteiger partial charge >= 0.3 is 0 Å². The van der Waals surface area contributed by atoms with Crippen LogP contribution in [0.2, 0.25) is 0 Å². The van der Waals surface area contributed by atoms with E-state index in [0.717, 1.165) is 54.2 Å². The molecule has 0 spiro atoms. The zero-order valence-corrected chi connectivity index (χ0v) is 30.3. The standard InChI is InChI=1S/C51H34NOP/c53-54(51-40-15-3-1-13-35(40)33-36-14-2-4-16-41(36)51,38-29-25-34(26-30-38)50-46-21-7-5-17-42(46)43-18-6-8-22-47(43)50)39-31-27-37(28-32-39)52-48-23-11-9-19-44(48)45-20-10-12-24-49(45)52/h1-33,50H. The monoisotopic (exact) mass is 707 g/mol. The lowest BCUT2D eigenvalue weighted by atomic mass is 9.89. The van der Waals surface area contributed by atoms with Crippen LogP contribution >= 0.6 is 7.14 Å². The topological polar surface area (TPSA) is 22.0 Å². The summed E-state index contributed by atoms with van der Waals surface area (Å²) in [6.07, 6.45) is 0. The second kappa shape index (κ2) is 12.0. The first-order valence-electron chi connectivity index (χ1n) is 18.6. The van der Waals surface area contributed by atoms with Crippen LogP contribution in [0, 0.1) is 0 Å². The highest BCUT2D eigenvalue weighted by molar-refractivity contribution is 7.86. The molecule has 254 valence electrons. The minimum atomic E-state index is -3.45. The molecule has 1 aromatic heterocycles. The zero-order valence-electron chi connectivity index (χ0n) is 29.4. The minimum absolute atomic E-state index is 0.120. The van der Waals surface area contributed by atoms with Crippen molar-refractivity contribution in [3.8, 4) is 16.8 Å². The SMILES string of the molecule is O=P(c1ccc(C2c3ccccc3-c3ccccc32)cc1)(c1ccc(-n2c3ccccc3c3ccccc32)cc1)c1c2ccccc2cc2ccccc12. The van der Waals surface area contributed by atoms with Crippen LogP contribution in [-0.4, -0.2) is 4.57 Å². The van der Waals surface area contributed by atoms with E-state index in [-0.39, 0.29) is 5.92 Å². The van der Waals surface area contributed by atoms with Crippen LogP contribution in [0.5, 0.6) is 0 Å². The first-order valence-corrected chi connectivity index (χ1v) is 20.3. The van der Waals surface area contributed by atoms with Gasteiger partial charge in [-0.2, -0.15) is 0 Å². The van der Waals surface area contributed by atoms with Crippen molar-refractivity contribution >= 4 is 66.4 Å². The fourth-order valence-electron chi connectivity index (χ4n) is 9.14. The number of hydrogen-bond donors (Lipinski definition) is 0. The molecule has 0 radical (unpaired) electrons. The second-order valence-electron chi connectivity index (χ2n) is 14.4. The molecule has 54 heavy (non-hydrogen) atoms. The maximum atomic E-state index is 16.7. The largest absolute Gasteiger partial charge is 0.309 e. The van der Waals surface area contributed by atoms with Gasteiger partial charge in [0.1, 0.15) is 0 Å². The van der Waals surface area contributed by atoms with Crippen molar-refractivity contribution in [2.75, 3.05) is 0 Å². The molecule has 0 saturated heterocycles. The van der Waals surface area contributed by atoms with E-state index in [2.05, 4.69) is 205 Å². The van der Waals surface area contributed by atoms with E-state index < -0.39 is 7.14 Å². The molecule has 0 saturated carbocycles. The van der Waals surface area contributed by atoms with Gasteiger partial charge < -0.3 is 9.13 Å². The van der Waals surface area contributed by atoms with E-state index >= 15 is 4.57 Å². The minimum Gasteiger partial charge on any atom is -0.309 e. The molecule has 1 atom stereocenters. The van der Waals surface area contributed by atoms with Crippen LogP contribution in [0.4, 0.5) is 0 Å². The summed E-state index contributed by atoms with van der Waals surface area (Å²) >= 11 is 0. The fraction of sp³-hybridized carbons (Fsp3) is 0.0196. The van der Waals surface area contributed by atoms with E-state index in [1.807, 2.05) is 0 Å². The van der Waals surface area contributed by atoms with E-state index in [1.54, 1.807) is 0 Å². The van der Waals surface area contributed by atoms with Crippen molar-refractivity contribution in [3.05, 3.63) is 217 Å². The number of hydrogen-bond acceptors (Lipinski definition) is 1. The Morgan fingerprint density at radius 3 is 1.37 bits per heavy atom. The van der Waals surface area contributed by atoms with Gasteiger partial charge in [0.2, 0.25) is 0 Å². The normalized spacial score (nSPS) is 13.7. The number of benzene rings is 9. The Kier molecular flexibility index (Phi) is 6.93. The third kappa shape index (κ3) is 4.51. The van der Waals surface area contributed by atoms with Crippen LogP contribution in [0.1, 0.15) is 22.6 Å². The zero-order chi connectivity index (χ0) is 35.8. The number of rotatable bonds is 5. The van der Waals surface area contributed by atoms with Crippen LogP contribution in [-0.2, 0) is 4.57 Å². The van der Waals surface area contributed by atoms with E-state index in [0.29, 0.717) is 0 Å². The summed E-state index contributed by atoms with van der Waals surface area (Å²) in [5.74, 6) is 0.120. The lowest BCUT2D eigenvalue weighted by Gasteiger charge is -2.25. The predicted molar refractivity (Wildman–Crippen MR) is 228 cm³/mol. The molecular formula is C51H34NOP. The fourth-order valence-corrected chi connectivity index (χ4v) is 12.2. The third-order valence-electron chi connectivity index (χ3n) is 11.5. The smallest absolute Gasteiger partial charge is 0.172 e. The first kappa shape index (κ1) is 31.1. The van der Waals surface area contributed by atoms with Crippen molar-refractivity contribution in [2.24, 2.45) is 0 Å². The van der Waals surface area contributed by atoms with Crippen LogP contribution in [0.3, 0.4) is 0 Å². The summed E-state index contributed by atoms with van der Waals surface area (Å²) in [6, 6.07) is 70.8. The molecule has 0 N–H and O–H groups in total. The lowest BCUT2D eigenvalue weighted by molar-refractivity contribution is 0.593. The van der Waals surface area contributed by atoms with E-state index in [4.69, 9.17) is 0 Å². The van der Waals surface area contributed by atoms with Crippen LogP contribution in [0.15, 0.2) is 200 Å². The van der Waals surface area contributed by atoms with Gasteiger partial charge in [0, 0.05) is 38.3 Å². The van der Waals surface area contributed by atoms with Gasteiger partial charge in [-0.25, -0.2) is 0 Å². The molecule has 0 amide bonds. The highest BCUT2D eigenvalue weighted by Gasteiger charge is 2.35. The molecule has 2 nitrogen and oxygen atoms in total. The molecule has 1 heterocycles. The lowest BCUT2D eigenvalue weighted by Crippen LogP contribution is -2.26. The quantitative estimate of drug-likeness (QED) is 0.129. The van der Waals surface area contributed by atoms with Gasteiger partial charge in [-0.05, 0) is 91.8 Å². The summed E-state index contributed by atoms with van der Waals surface area (Å²) in [7, 11) is -3.45. The maximum Gasteiger partial charge on any atom is 0.172 e. The Morgan fingerprint density at radius 2 is 0.833 bits per heavy atom. The molecule has 0 fully saturated rings. The predicted octanol–water partition coefficient (Wildman–Crippen LogP) is 11.9. The van der Waals surface area contributed by atoms with Gasteiger partial charge in [-0.1, -0.05) is 158 Å². The molecule has 1 aliphatic rings. The highest BCUT2D eigenvalue weighted by Crippen LogP contribution is 2.50. The molecule has 9 aromatic carbocycles. The van der Waals surface area contributed by atoms with Gasteiger partial charge in [0.25, 0.3) is 0 Å². The van der Waals surface area contributed by atoms with Crippen molar-refractivity contribution in [3.63, 3.8) is 0 Å². The highest BCUT2D eigenvalue weighted by atomic mass is 31.2. The number of nitrogens with zero attached hydrogens (tertiary/aromatic N) is 1.